The van der Waals surface area contributed by atoms with Gasteiger partial charge in [0, 0.05) is 37.7 Å². The number of carbonyl (C=O) groups is 4. The minimum Gasteiger partial charge on any atom is -0.449 e. The first kappa shape index (κ1) is 44.5. The number of nitrogens with one attached hydrogen (secondary N) is 2. The Labute approximate surface area is 325 Å². The van der Waals surface area contributed by atoms with Gasteiger partial charge in [0.05, 0.1) is 25.8 Å². The van der Waals surface area contributed by atoms with Crippen LogP contribution in [0.1, 0.15) is 66.7 Å². The van der Waals surface area contributed by atoms with Crippen LogP contribution in [0.5, 0.6) is 0 Å². The summed E-state index contributed by atoms with van der Waals surface area (Å²) in [6.45, 7) is 3.99. The number of hydrogen-bond donors (Lipinski definition) is 6. The van der Waals surface area contributed by atoms with E-state index < -0.39 is 58.1 Å². The zero-order valence-corrected chi connectivity index (χ0v) is 33.0. The maximum absolute atomic E-state index is 14.0. The first-order chi connectivity index (χ1) is 26.4. The molecule has 0 bridgehead atoms. The molecule has 17 nitrogen and oxygen atoms in total. The average Bonchev–Trinajstić information content (AvgIpc) is 3.36. The number of rotatable bonds is 18. The molecule has 2 atom stereocenters. The monoisotopic (exact) mass is 816 g/mol. The van der Waals surface area contributed by atoms with Gasteiger partial charge < -0.3 is 44.3 Å². The second-order valence-electron chi connectivity index (χ2n) is 13.8. The Morgan fingerprint density at radius 3 is 2.20 bits per heavy atom. The van der Waals surface area contributed by atoms with Crippen molar-refractivity contribution >= 4 is 51.7 Å². The first-order valence-electron chi connectivity index (χ1n) is 17.9. The van der Waals surface area contributed by atoms with Crippen molar-refractivity contribution in [2.75, 3.05) is 18.6 Å². The second-order valence-corrected chi connectivity index (χ2v) is 17.6. The number of ketones is 1. The fraction of sp³-hybridized carbons (Fsp3) is 0.417. The molecular formula is C36H47BN4O13P2. The van der Waals surface area contributed by atoms with Gasteiger partial charge in [0.2, 0.25) is 17.3 Å². The van der Waals surface area contributed by atoms with E-state index in [0.717, 1.165) is 16.7 Å². The van der Waals surface area contributed by atoms with E-state index in [0.29, 0.717) is 18.5 Å². The number of ether oxygens (including phenoxy) is 1. The van der Waals surface area contributed by atoms with Crippen LogP contribution in [-0.2, 0) is 52.4 Å². The summed E-state index contributed by atoms with van der Waals surface area (Å²) in [5, 5.41) is 4.77. The molecule has 6 N–H and O–H groups in total. The third-order valence-corrected chi connectivity index (χ3v) is 12.2. The summed E-state index contributed by atoms with van der Waals surface area (Å²) in [5.41, 5.74) is 0.492. The lowest BCUT2D eigenvalue weighted by atomic mass is 9.73. The minimum atomic E-state index is -5.35. The lowest BCUT2D eigenvalue weighted by molar-refractivity contribution is -0.125. The van der Waals surface area contributed by atoms with Crippen molar-refractivity contribution in [1.29, 1.82) is 0 Å². The van der Waals surface area contributed by atoms with Crippen molar-refractivity contribution in [3.8, 4) is 0 Å². The van der Waals surface area contributed by atoms with Crippen molar-refractivity contribution in [3.05, 3.63) is 95.3 Å². The number of hydrogen-bond acceptors (Lipinski definition) is 10. The number of aromatic nitrogens is 1. The molecule has 56 heavy (non-hydrogen) atoms. The molecule has 20 heteroatoms. The summed E-state index contributed by atoms with van der Waals surface area (Å²) in [6.07, 6.45) is 1.05. The van der Waals surface area contributed by atoms with E-state index >= 15 is 0 Å². The van der Waals surface area contributed by atoms with Crippen LogP contribution in [0.2, 0.25) is 0 Å². The number of Topliss-reactive ketones (excluding diaryl/α,β-unsaturated/α-hetero) is 1. The summed E-state index contributed by atoms with van der Waals surface area (Å²) >= 11 is 0. The molecule has 2 heterocycles. The molecule has 302 valence electrons. The summed E-state index contributed by atoms with van der Waals surface area (Å²) in [4.78, 5) is 94.1. The maximum atomic E-state index is 14.0. The number of benzene rings is 2. The predicted octanol–water partition coefficient (Wildman–Crippen LogP) is 3.93. The van der Waals surface area contributed by atoms with Crippen molar-refractivity contribution in [2.45, 2.75) is 70.6 Å². The predicted molar refractivity (Wildman–Crippen MR) is 205 cm³/mol. The highest BCUT2D eigenvalue weighted by Crippen LogP contribution is 2.58. The van der Waals surface area contributed by atoms with Gasteiger partial charge in [0.25, 0.3) is 0 Å². The molecule has 0 spiro atoms. The third kappa shape index (κ3) is 13.5. The largest absolute Gasteiger partial charge is 0.481 e. The number of carbonyl (C=O) groups excluding carboxylic acids is 4. The highest BCUT2D eigenvalue weighted by atomic mass is 31.2. The van der Waals surface area contributed by atoms with E-state index in [2.05, 4.69) is 10.3 Å². The zero-order chi connectivity index (χ0) is 41.0. The van der Waals surface area contributed by atoms with Crippen LogP contribution in [0.4, 0.5) is 10.5 Å². The van der Waals surface area contributed by atoms with E-state index in [1.165, 1.54) is 18.1 Å². The van der Waals surface area contributed by atoms with Gasteiger partial charge in [0.15, 0.2) is 5.78 Å². The lowest BCUT2D eigenvalue weighted by Gasteiger charge is -2.27. The van der Waals surface area contributed by atoms with Gasteiger partial charge in [-0.1, -0.05) is 56.3 Å². The SMILES string of the molecule is CC(C)C[C@@H](NC(=O)[C@H](CC(=O)c1ccccn1)Cc1ccccc1)B1OCc2ccc(N(C)C(=O)OCCCC(=O)NC(P(=O)(O)O)P(=O)(O)O)cc2CO1. The van der Waals surface area contributed by atoms with Crippen molar-refractivity contribution in [1.82, 2.24) is 15.6 Å². The van der Waals surface area contributed by atoms with E-state index in [1.54, 1.807) is 41.7 Å². The van der Waals surface area contributed by atoms with Gasteiger partial charge >= 0.3 is 28.4 Å². The summed E-state index contributed by atoms with van der Waals surface area (Å²) < 4.78 is 40.4. The Bertz CT molecular complexity index is 1890. The van der Waals surface area contributed by atoms with Crippen molar-refractivity contribution in [3.63, 3.8) is 0 Å². The van der Waals surface area contributed by atoms with Crippen LogP contribution in [0, 0.1) is 11.8 Å². The Balaban J connectivity index is 1.36. The molecule has 0 unspecified atom stereocenters. The summed E-state index contributed by atoms with van der Waals surface area (Å²) in [7, 11) is -10.1. The van der Waals surface area contributed by atoms with E-state index in [-0.39, 0.29) is 56.0 Å². The van der Waals surface area contributed by atoms with Gasteiger partial charge in [-0.3, -0.25) is 33.4 Å². The van der Waals surface area contributed by atoms with Crippen molar-refractivity contribution in [2.24, 2.45) is 11.8 Å². The van der Waals surface area contributed by atoms with Crippen LogP contribution in [-0.4, -0.2) is 80.5 Å². The number of nitrogens with zero attached hydrogens (tertiary/aromatic N) is 2. The third-order valence-electron chi connectivity index (χ3n) is 8.82. The molecule has 3 amide bonds. The minimum absolute atomic E-state index is 0.0444. The lowest BCUT2D eigenvalue weighted by Crippen LogP contribution is -2.51. The van der Waals surface area contributed by atoms with Crippen LogP contribution < -0.4 is 15.5 Å². The second kappa shape index (κ2) is 20.3. The average molecular weight is 817 g/mol. The van der Waals surface area contributed by atoms with Gasteiger partial charge in [-0.2, -0.15) is 0 Å². The Kier molecular flexibility index (Phi) is 16.1. The highest BCUT2D eigenvalue weighted by Gasteiger charge is 2.44. The van der Waals surface area contributed by atoms with E-state index in [9.17, 15) is 28.3 Å². The molecule has 1 aromatic heterocycles. The van der Waals surface area contributed by atoms with Crippen LogP contribution in [0.25, 0.3) is 0 Å². The molecule has 2 aromatic carbocycles. The molecule has 0 radical (unpaired) electrons. The molecule has 0 saturated heterocycles. The molecule has 0 fully saturated rings. The standard InChI is InChI=1S/C36H47BN4O13P2/c1-24(2)18-32(39-34(44)27(19-25-10-5-4-6-11-25)21-31(42)30-12-7-8-16-38-30)37-53-22-26-14-15-29(20-28(26)23-54-37)41(3)36(45)52-17-9-13-33(43)40-35(55(46,47)48)56(49,50)51/h4-8,10-12,14-16,20,24,27,32,35H,9,13,17-19,21-23H2,1-3H3,(H,39,44)(H,40,43)(H2,46,47,48)(H2,49,50,51)/t27-,32+/m0/s1. The first-order valence-corrected chi connectivity index (χ1v) is 21.2. The Morgan fingerprint density at radius 2 is 1.57 bits per heavy atom. The number of pyridine rings is 1. The Hall–Kier alpha value is -4.25. The molecule has 4 rings (SSSR count). The molecule has 0 aliphatic carbocycles. The fourth-order valence-corrected chi connectivity index (χ4v) is 8.15. The van der Waals surface area contributed by atoms with Gasteiger partial charge in [-0.15, -0.1) is 0 Å². The van der Waals surface area contributed by atoms with E-state index in [1.807, 2.05) is 44.2 Å². The van der Waals surface area contributed by atoms with Crippen LogP contribution >= 0.6 is 15.2 Å². The highest BCUT2D eigenvalue weighted by molar-refractivity contribution is 7.70. The summed E-state index contributed by atoms with van der Waals surface area (Å²) in [6, 6.07) is 19.7. The number of fused-ring (bicyclic) bond motifs is 1. The molecule has 1 aliphatic heterocycles. The maximum Gasteiger partial charge on any atom is 0.481 e. The zero-order valence-electron chi connectivity index (χ0n) is 31.2. The van der Waals surface area contributed by atoms with Gasteiger partial charge in [-0.25, -0.2) is 4.79 Å². The molecule has 1 aliphatic rings. The normalized spacial score (nSPS) is 14.3. The van der Waals surface area contributed by atoms with Gasteiger partial charge in [-0.05, 0) is 66.1 Å². The van der Waals surface area contributed by atoms with Crippen LogP contribution in [0.3, 0.4) is 0 Å². The molecular weight excluding hydrogens is 769 g/mol. The number of amides is 3. The topological polar surface area (TPSA) is 251 Å². The van der Waals surface area contributed by atoms with Crippen LogP contribution in [0.15, 0.2) is 72.9 Å². The van der Waals surface area contributed by atoms with E-state index in [4.69, 9.17) is 33.6 Å². The quantitative estimate of drug-likeness (QED) is 0.0461. The molecule has 3 aromatic rings. The Morgan fingerprint density at radius 1 is 0.911 bits per heavy atom. The smallest absolute Gasteiger partial charge is 0.449 e. The molecule has 0 saturated carbocycles. The van der Waals surface area contributed by atoms with Gasteiger partial charge in [0.1, 0.15) is 5.69 Å². The summed E-state index contributed by atoms with van der Waals surface area (Å²) in [5.74, 6) is -2.70. The van der Waals surface area contributed by atoms with Crippen molar-refractivity contribution < 1.29 is 61.9 Å². The number of anilines is 1. The fourth-order valence-electron chi connectivity index (χ4n) is 5.95.